The van der Waals surface area contributed by atoms with Crippen molar-refractivity contribution in [3.63, 3.8) is 0 Å². The Kier molecular flexibility index (Phi) is 8.82. The van der Waals surface area contributed by atoms with Gasteiger partial charge in [-0.25, -0.2) is 13.8 Å². The van der Waals surface area contributed by atoms with Crippen molar-refractivity contribution in [2.75, 3.05) is 13.2 Å². The zero-order valence-corrected chi connectivity index (χ0v) is 23.1. The molecule has 2 fully saturated rings. The summed E-state index contributed by atoms with van der Waals surface area (Å²) in [5.41, 5.74) is 2.41. The predicted octanol–water partition coefficient (Wildman–Crippen LogP) is 3.01. The van der Waals surface area contributed by atoms with Crippen LogP contribution in [0.25, 0.3) is 0 Å². The second-order valence-corrected chi connectivity index (χ2v) is 11.9. The fourth-order valence-electron chi connectivity index (χ4n) is 4.29. The molecular weight excluding hydrogens is 560 g/mol. The quantitative estimate of drug-likeness (QED) is 0.346. The van der Waals surface area contributed by atoms with Gasteiger partial charge in [0.25, 0.3) is 5.56 Å². The van der Waals surface area contributed by atoms with E-state index >= 15 is 4.39 Å². The van der Waals surface area contributed by atoms with Gasteiger partial charge < -0.3 is 15.2 Å². The number of rotatable bonds is 8. The molecule has 2 saturated heterocycles. The summed E-state index contributed by atoms with van der Waals surface area (Å²) in [5.74, 6) is -1.22. The molecule has 1 aromatic carbocycles. The molecule has 0 amide bonds. The molecule has 1 aromatic heterocycles. The second kappa shape index (κ2) is 11.6. The monoisotopic (exact) mass is 589 g/mol. The number of nitrogens with one attached hydrogen (secondary N) is 1. The van der Waals surface area contributed by atoms with E-state index in [-0.39, 0.29) is 12.5 Å². The summed E-state index contributed by atoms with van der Waals surface area (Å²) in [6, 6.07) is 6.76. The summed E-state index contributed by atoms with van der Waals surface area (Å²) in [6.07, 6.45) is -3.87. The highest BCUT2D eigenvalue weighted by Gasteiger charge is 2.59. The molecule has 0 saturated carbocycles. The Bertz CT molecular complexity index is 1370. The van der Waals surface area contributed by atoms with Crippen molar-refractivity contribution in [1.29, 1.82) is 0 Å². The number of esters is 1. The average Bonchev–Trinajstić information content (AvgIpc) is 3.11. The number of ether oxygens (including phenoxy) is 2. The highest BCUT2D eigenvalue weighted by atomic mass is 35.5. The molecule has 39 heavy (non-hydrogen) atoms. The minimum absolute atomic E-state index is 0.0395. The second-order valence-electron chi connectivity index (χ2n) is 9.84. The lowest BCUT2D eigenvalue weighted by atomic mass is 9.97. The minimum atomic E-state index is -4.17. The molecule has 0 bridgehead atoms. The molecule has 2 aliphatic heterocycles. The molecule has 3 unspecified atom stereocenters. The van der Waals surface area contributed by atoms with Crippen LogP contribution >= 0.6 is 19.4 Å². The summed E-state index contributed by atoms with van der Waals surface area (Å²) in [5, 5.41) is 0.465. The third-order valence-corrected chi connectivity index (χ3v) is 8.23. The fourth-order valence-corrected chi connectivity index (χ4v) is 5.89. The Labute approximate surface area is 228 Å². The van der Waals surface area contributed by atoms with Crippen LogP contribution in [0, 0.1) is 5.92 Å². The molecular formula is C24H30ClFN3O9P. The number of hydrogen-bond acceptors (Lipinski definition) is 10. The molecule has 3 N–H and O–H groups in total. The zero-order valence-electron chi connectivity index (χ0n) is 21.5. The van der Waals surface area contributed by atoms with E-state index in [4.69, 9.17) is 40.4 Å². The number of benzene rings is 1. The molecule has 0 aliphatic carbocycles. The normalized spacial score (nSPS) is 31.8. The lowest BCUT2D eigenvalue weighted by Crippen LogP contribution is -2.49. The van der Waals surface area contributed by atoms with Crippen molar-refractivity contribution < 1.29 is 36.8 Å². The number of hydrogen-bond donors (Lipinski definition) is 2. The summed E-state index contributed by atoms with van der Waals surface area (Å²) >= 11 is 6.06. The van der Waals surface area contributed by atoms with E-state index in [2.05, 4.69) is 0 Å². The van der Waals surface area contributed by atoms with E-state index in [1.54, 1.807) is 38.1 Å². The number of aromatic nitrogens is 2. The SMILES string of the molecule is CC(C)C(N)C(=O)O[C@@H]1[C@@H](COP2(=O)OCCC(c3cccc(Cl)c3)O2)O[C@@H](n2ccc(=O)[nH]c2=O)[C@]1(C)F. The number of halogens is 2. The van der Waals surface area contributed by atoms with E-state index < -0.39 is 67.9 Å². The van der Waals surface area contributed by atoms with Crippen LogP contribution in [0.1, 0.15) is 45.1 Å². The standard InChI is InChI=1S/C24H30ClFN3O9P/c1-13(2)19(27)21(31)37-20-17(36-22(24(20,3)26)29-9-7-18(30)28-23(29)32)12-35-39(33)34-10-8-16(38-39)14-5-4-6-15(25)11-14/h4-7,9,11,13,16-17,19-20,22H,8,10,12,27H2,1-3H3,(H,28,30,32)/t16?,17-,19?,20-,22-,24-,39?/m1/s1. The average molecular weight is 590 g/mol. The lowest BCUT2D eigenvalue weighted by molar-refractivity contribution is -0.161. The number of nitrogens with zero attached hydrogens (tertiary/aromatic N) is 1. The summed E-state index contributed by atoms with van der Waals surface area (Å²) in [6.45, 7) is 3.89. The van der Waals surface area contributed by atoms with Crippen LogP contribution in [0.15, 0.2) is 46.1 Å². The first-order valence-corrected chi connectivity index (χ1v) is 14.1. The molecule has 0 spiro atoms. The van der Waals surface area contributed by atoms with E-state index in [0.29, 0.717) is 17.0 Å². The Balaban J connectivity index is 1.57. The number of carbonyl (C=O) groups is 1. The topological polar surface area (TPSA) is 161 Å². The predicted molar refractivity (Wildman–Crippen MR) is 137 cm³/mol. The van der Waals surface area contributed by atoms with Crippen LogP contribution in [0.2, 0.25) is 5.02 Å². The van der Waals surface area contributed by atoms with Crippen molar-refractivity contribution in [1.82, 2.24) is 9.55 Å². The van der Waals surface area contributed by atoms with Gasteiger partial charge in [-0.05, 0) is 30.5 Å². The van der Waals surface area contributed by atoms with Gasteiger partial charge in [-0.1, -0.05) is 37.6 Å². The first-order valence-electron chi connectivity index (χ1n) is 12.3. The number of phosphoric ester groups is 1. The summed E-state index contributed by atoms with van der Waals surface area (Å²) in [4.78, 5) is 38.6. The van der Waals surface area contributed by atoms with Crippen molar-refractivity contribution in [3.8, 4) is 0 Å². The smallest absolute Gasteiger partial charge is 0.455 e. The molecule has 7 atom stereocenters. The maximum atomic E-state index is 16.3. The van der Waals surface area contributed by atoms with Gasteiger partial charge in [0.15, 0.2) is 18.0 Å². The molecule has 4 rings (SSSR count). The summed E-state index contributed by atoms with van der Waals surface area (Å²) in [7, 11) is -4.17. The van der Waals surface area contributed by atoms with Crippen molar-refractivity contribution >= 4 is 25.4 Å². The first-order chi connectivity index (χ1) is 18.3. The Morgan fingerprint density at radius 3 is 2.77 bits per heavy atom. The van der Waals surface area contributed by atoms with Gasteiger partial charge in [-0.3, -0.25) is 32.7 Å². The number of aromatic amines is 1. The summed E-state index contributed by atoms with van der Waals surface area (Å²) < 4.78 is 58.0. The zero-order chi connectivity index (χ0) is 28.5. The first kappa shape index (κ1) is 29.6. The maximum absolute atomic E-state index is 16.3. The van der Waals surface area contributed by atoms with Crippen LogP contribution in [0.5, 0.6) is 0 Å². The van der Waals surface area contributed by atoms with Crippen LogP contribution in [0.3, 0.4) is 0 Å². The Morgan fingerprint density at radius 2 is 2.10 bits per heavy atom. The van der Waals surface area contributed by atoms with Crippen molar-refractivity contribution in [2.24, 2.45) is 11.7 Å². The van der Waals surface area contributed by atoms with Gasteiger partial charge in [-0.15, -0.1) is 0 Å². The fraction of sp³-hybridized carbons (Fsp3) is 0.542. The van der Waals surface area contributed by atoms with E-state index in [1.807, 2.05) is 4.98 Å². The highest BCUT2D eigenvalue weighted by Crippen LogP contribution is 2.57. The number of H-pyrrole nitrogens is 1. The van der Waals surface area contributed by atoms with Crippen molar-refractivity contribution in [2.45, 2.75) is 63.4 Å². The van der Waals surface area contributed by atoms with Crippen LogP contribution in [-0.2, 0) is 32.4 Å². The third kappa shape index (κ3) is 6.51. The number of phosphoric acid groups is 1. The molecule has 214 valence electrons. The molecule has 2 aromatic rings. The van der Waals surface area contributed by atoms with Crippen LogP contribution in [0.4, 0.5) is 4.39 Å². The molecule has 0 radical (unpaired) electrons. The number of nitrogens with two attached hydrogens (primary N) is 1. The van der Waals surface area contributed by atoms with E-state index in [1.165, 1.54) is 0 Å². The van der Waals surface area contributed by atoms with Gasteiger partial charge in [0.1, 0.15) is 12.1 Å². The molecule has 12 nitrogen and oxygen atoms in total. The van der Waals surface area contributed by atoms with E-state index in [9.17, 15) is 18.9 Å². The number of carbonyl (C=O) groups excluding carboxylic acids is 1. The minimum Gasteiger partial charge on any atom is -0.455 e. The van der Waals surface area contributed by atoms with Gasteiger partial charge in [0.05, 0.1) is 19.3 Å². The van der Waals surface area contributed by atoms with Gasteiger partial charge >= 0.3 is 19.5 Å². The lowest BCUT2D eigenvalue weighted by Gasteiger charge is -2.31. The Hall–Kier alpha value is -2.38. The van der Waals surface area contributed by atoms with Crippen LogP contribution < -0.4 is 17.0 Å². The van der Waals surface area contributed by atoms with E-state index in [0.717, 1.165) is 23.8 Å². The van der Waals surface area contributed by atoms with Gasteiger partial charge in [0.2, 0.25) is 0 Å². The largest absolute Gasteiger partial charge is 0.475 e. The van der Waals surface area contributed by atoms with Gasteiger partial charge in [-0.2, -0.15) is 0 Å². The maximum Gasteiger partial charge on any atom is 0.475 e. The highest BCUT2D eigenvalue weighted by molar-refractivity contribution is 7.48. The van der Waals surface area contributed by atoms with Crippen molar-refractivity contribution in [3.05, 3.63) is 68.0 Å². The Morgan fingerprint density at radius 1 is 1.36 bits per heavy atom. The molecule has 3 heterocycles. The number of alkyl halides is 1. The third-order valence-electron chi connectivity index (χ3n) is 6.52. The molecule has 15 heteroatoms. The van der Waals surface area contributed by atoms with Gasteiger partial charge in [0, 0.05) is 23.7 Å². The van der Waals surface area contributed by atoms with Crippen LogP contribution in [-0.4, -0.2) is 52.7 Å². The molecule has 2 aliphatic rings.